The fraction of sp³-hybridized carbons (Fsp3) is 0.435. The first-order valence-corrected chi connectivity index (χ1v) is 9.59. The van der Waals surface area contributed by atoms with Gasteiger partial charge in [0, 0.05) is 19.0 Å². The molecule has 1 aliphatic rings. The zero-order valence-corrected chi connectivity index (χ0v) is 16.4. The predicted molar refractivity (Wildman–Crippen MR) is 107 cm³/mol. The summed E-state index contributed by atoms with van der Waals surface area (Å²) in [5.41, 5.74) is 2.73. The molecule has 2 aromatic rings. The van der Waals surface area contributed by atoms with E-state index < -0.39 is 0 Å². The maximum absolute atomic E-state index is 13.4. The highest BCUT2D eigenvalue weighted by Gasteiger charge is 2.37. The Labute approximate surface area is 161 Å². The van der Waals surface area contributed by atoms with Crippen LogP contribution in [0.2, 0.25) is 0 Å². The molecule has 3 atom stereocenters. The van der Waals surface area contributed by atoms with Crippen LogP contribution in [0.15, 0.2) is 42.5 Å². The third-order valence-electron chi connectivity index (χ3n) is 5.53. The van der Waals surface area contributed by atoms with E-state index in [4.69, 9.17) is 4.74 Å². The van der Waals surface area contributed by atoms with Gasteiger partial charge in [-0.15, -0.1) is 0 Å². The molecule has 2 aromatic carbocycles. The van der Waals surface area contributed by atoms with Crippen molar-refractivity contribution in [3.05, 3.63) is 59.4 Å². The number of hydrogen-bond donors (Lipinski definition) is 0. The first-order valence-electron chi connectivity index (χ1n) is 9.59. The highest BCUT2D eigenvalue weighted by molar-refractivity contribution is 5.62. The van der Waals surface area contributed by atoms with Crippen molar-refractivity contribution in [2.24, 2.45) is 5.92 Å². The van der Waals surface area contributed by atoms with Gasteiger partial charge < -0.3 is 9.64 Å². The Morgan fingerprint density at radius 1 is 1.15 bits per heavy atom. The van der Waals surface area contributed by atoms with Gasteiger partial charge in [-0.05, 0) is 68.5 Å². The molecule has 0 spiro atoms. The average Bonchev–Trinajstić information content (AvgIpc) is 3.03. The van der Waals surface area contributed by atoms with Crippen molar-refractivity contribution in [3.63, 3.8) is 0 Å². The van der Waals surface area contributed by atoms with E-state index in [9.17, 15) is 9.65 Å². The lowest BCUT2D eigenvalue weighted by atomic mass is 9.87. The van der Waals surface area contributed by atoms with E-state index in [0.717, 1.165) is 24.3 Å². The first kappa shape index (κ1) is 19.2. The van der Waals surface area contributed by atoms with Gasteiger partial charge in [0.2, 0.25) is 0 Å². The lowest BCUT2D eigenvalue weighted by molar-refractivity contribution is 0.242. The Balaban J connectivity index is 1.97. The van der Waals surface area contributed by atoms with Gasteiger partial charge in [-0.1, -0.05) is 19.1 Å². The molecule has 27 heavy (non-hydrogen) atoms. The van der Waals surface area contributed by atoms with Crippen molar-refractivity contribution in [3.8, 4) is 11.8 Å². The Hall–Kier alpha value is -2.54. The van der Waals surface area contributed by atoms with Crippen molar-refractivity contribution in [1.29, 1.82) is 5.26 Å². The number of rotatable bonds is 5. The number of ether oxygens (including phenoxy) is 1. The zero-order valence-electron chi connectivity index (χ0n) is 16.4. The minimum absolute atomic E-state index is 0.0560. The summed E-state index contributed by atoms with van der Waals surface area (Å²) in [6.07, 6.45) is 2.23. The molecule has 3 nitrogen and oxygen atoms in total. The van der Waals surface area contributed by atoms with Gasteiger partial charge in [0.15, 0.2) is 0 Å². The molecule has 3 rings (SSSR count). The van der Waals surface area contributed by atoms with E-state index in [1.807, 2.05) is 38.1 Å². The molecule has 1 saturated carbocycles. The maximum Gasteiger partial charge on any atom is 0.143 e. The second kappa shape index (κ2) is 8.00. The summed E-state index contributed by atoms with van der Waals surface area (Å²) in [6.45, 7) is 6.26. The molecule has 0 unspecified atom stereocenters. The van der Waals surface area contributed by atoms with Gasteiger partial charge in [0.1, 0.15) is 11.6 Å². The van der Waals surface area contributed by atoms with Crippen LogP contribution in [0.5, 0.6) is 5.75 Å². The number of nitriles is 1. The van der Waals surface area contributed by atoms with Crippen LogP contribution in [-0.4, -0.2) is 19.2 Å². The summed E-state index contributed by atoms with van der Waals surface area (Å²) in [5, 5.41) is 9.34. The molecule has 0 bridgehead atoms. The van der Waals surface area contributed by atoms with Crippen LogP contribution >= 0.6 is 0 Å². The quantitative estimate of drug-likeness (QED) is 0.701. The van der Waals surface area contributed by atoms with Crippen LogP contribution < -0.4 is 9.64 Å². The summed E-state index contributed by atoms with van der Waals surface area (Å²) < 4.78 is 19.4. The lowest BCUT2D eigenvalue weighted by Gasteiger charge is -2.34. The van der Waals surface area contributed by atoms with Gasteiger partial charge in [0.25, 0.3) is 0 Å². The van der Waals surface area contributed by atoms with Crippen molar-refractivity contribution in [2.45, 2.75) is 51.7 Å². The second-order valence-corrected chi connectivity index (χ2v) is 7.77. The highest BCUT2D eigenvalue weighted by Crippen LogP contribution is 2.44. The number of nitrogens with zero attached hydrogens (tertiary/aromatic N) is 2. The predicted octanol–water partition coefficient (Wildman–Crippen LogP) is 5.50. The van der Waals surface area contributed by atoms with E-state index in [1.165, 1.54) is 5.56 Å². The van der Waals surface area contributed by atoms with Crippen LogP contribution in [0.1, 0.15) is 50.7 Å². The van der Waals surface area contributed by atoms with Crippen LogP contribution in [0.4, 0.5) is 10.1 Å². The molecule has 0 N–H and O–H groups in total. The molecular weight excluding hydrogens is 339 g/mol. The van der Waals surface area contributed by atoms with Gasteiger partial charge in [-0.3, -0.25) is 0 Å². The van der Waals surface area contributed by atoms with E-state index in [2.05, 4.69) is 24.9 Å². The monoisotopic (exact) mass is 366 g/mol. The molecule has 1 fully saturated rings. The minimum Gasteiger partial charge on any atom is -0.489 e. The Bertz CT molecular complexity index is 825. The zero-order chi connectivity index (χ0) is 19.6. The summed E-state index contributed by atoms with van der Waals surface area (Å²) in [4.78, 5) is 2.25. The van der Waals surface area contributed by atoms with E-state index in [0.29, 0.717) is 17.4 Å². The van der Waals surface area contributed by atoms with Crippen molar-refractivity contribution >= 4 is 5.69 Å². The van der Waals surface area contributed by atoms with Crippen molar-refractivity contribution in [1.82, 2.24) is 0 Å². The summed E-state index contributed by atoms with van der Waals surface area (Å²) in [5.74, 6) is 1.41. The van der Waals surface area contributed by atoms with E-state index in [-0.39, 0.29) is 18.0 Å². The molecule has 0 radical (unpaired) electrons. The summed E-state index contributed by atoms with van der Waals surface area (Å²) in [7, 11) is 2.07. The fourth-order valence-electron chi connectivity index (χ4n) is 4.24. The highest BCUT2D eigenvalue weighted by atomic mass is 19.1. The second-order valence-electron chi connectivity index (χ2n) is 7.77. The van der Waals surface area contributed by atoms with Gasteiger partial charge in [-0.25, -0.2) is 4.39 Å². The number of halogens is 1. The van der Waals surface area contributed by atoms with Crippen LogP contribution in [0.3, 0.4) is 0 Å². The third-order valence-corrected chi connectivity index (χ3v) is 5.53. The molecule has 0 amide bonds. The molecular formula is C23H27FN2O. The Morgan fingerprint density at radius 3 is 2.48 bits per heavy atom. The van der Waals surface area contributed by atoms with Crippen molar-refractivity contribution < 1.29 is 9.13 Å². The number of anilines is 1. The Morgan fingerprint density at radius 2 is 1.85 bits per heavy atom. The largest absolute Gasteiger partial charge is 0.489 e. The SMILES string of the molecule is CC(C)Oc1ccc(C#N)cc1N(C)[C@H]1CC[C@H](C)[C@H]1c1ccc(F)cc1. The summed E-state index contributed by atoms with van der Waals surface area (Å²) >= 11 is 0. The smallest absolute Gasteiger partial charge is 0.143 e. The van der Waals surface area contributed by atoms with Gasteiger partial charge in [-0.2, -0.15) is 5.26 Å². The van der Waals surface area contributed by atoms with Crippen molar-refractivity contribution in [2.75, 3.05) is 11.9 Å². The fourth-order valence-corrected chi connectivity index (χ4v) is 4.24. The molecule has 4 heteroatoms. The lowest BCUT2D eigenvalue weighted by Crippen LogP contribution is -2.35. The van der Waals surface area contributed by atoms with Crippen LogP contribution in [0.25, 0.3) is 0 Å². The van der Waals surface area contributed by atoms with Gasteiger partial charge >= 0.3 is 0 Å². The molecule has 142 valence electrons. The topological polar surface area (TPSA) is 36.3 Å². The van der Waals surface area contributed by atoms with Crippen LogP contribution in [0, 0.1) is 23.1 Å². The molecule has 0 heterocycles. The first-order chi connectivity index (χ1) is 12.9. The summed E-state index contributed by atoms with van der Waals surface area (Å²) in [6, 6.07) is 15.0. The normalized spacial score (nSPS) is 21.9. The molecule has 0 aromatic heterocycles. The maximum atomic E-state index is 13.4. The number of hydrogen-bond acceptors (Lipinski definition) is 3. The number of benzene rings is 2. The molecule has 0 saturated heterocycles. The van der Waals surface area contributed by atoms with Crippen LogP contribution in [-0.2, 0) is 0 Å². The molecule has 1 aliphatic carbocycles. The van der Waals surface area contributed by atoms with Gasteiger partial charge in [0.05, 0.1) is 23.4 Å². The minimum atomic E-state index is -0.205. The van der Waals surface area contributed by atoms with E-state index in [1.54, 1.807) is 18.2 Å². The number of likely N-dealkylation sites (N-methyl/N-ethyl adjacent to an activating group) is 1. The average molecular weight is 366 g/mol. The van der Waals surface area contributed by atoms with E-state index >= 15 is 0 Å². The molecule has 0 aliphatic heterocycles. The Kier molecular flexibility index (Phi) is 5.70. The third kappa shape index (κ3) is 4.08. The standard InChI is InChI=1S/C23H27FN2O/c1-15(2)27-22-12-6-17(14-25)13-21(22)26(4)20-11-5-16(3)23(20)18-7-9-19(24)10-8-18/h6-10,12-13,15-16,20,23H,5,11H2,1-4H3/t16-,20-,23-/m0/s1.